The molecular weight excluding hydrogens is 262 g/mol. The number of piperidine rings is 1. The molecule has 1 aliphatic carbocycles. The van der Waals surface area contributed by atoms with Gasteiger partial charge in [0.15, 0.2) is 0 Å². The Morgan fingerprint density at radius 2 is 2.05 bits per heavy atom. The Morgan fingerprint density at radius 1 is 1.29 bits per heavy atom. The average Bonchev–Trinajstić information content (AvgIpc) is 2.79. The molecule has 1 atom stereocenters. The van der Waals surface area contributed by atoms with Crippen molar-refractivity contribution in [3.05, 3.63) is 17.5 Å². The van der Waals surface area contributed by atoms with Gasteiger partial charge in [-0.3, -0.25) is 9.58 Å². The van der Waals surface area contributed by atoms with Crippen LogP contribution in [0, 0.1) is 0 Å². The van der Waals surface area contributed by atoms with E-state index in [0.29, 0.717) is 5.92 Å². The zero-order valence-corrected chi connectivity index (χ0v) is 13.5. The number of β-amino-alcohol motifs (C(OH)–C–C–N with tert-alkyl or cyclic N) is 1. The van der Waals surface area contributed by atoms with E-state index in [9.17, 15) is 5.11 Å². The van der Waals surface area contributed by atoms with Crippen LogP contribution < -0.4 is 0 Å². The Hall–Kier alpha value is -0.870. The van der Waals surface area contributed by atoms with Crippen molar-refractivity contribution < 1.29 is 5.11 Å². The van der Waals surface area contributed by atoms with Crippen LogP contribution in [0.5, 0.6) is 0 Å². The fourth-order valence-corrected chi connectivity index (χ4v) is 4.10. The largest absolute Gasteiger partial charge is 0.389 e. The Labute approximate surface area is 128 Å². The Bertz CT molecular complexity index is 474. The maximum atomic E-state index is 10.3. The molecule has 1 aromatic heterocycles. The van der Waals surface area contributed by atoms with Gasteiger partial charge in [0.25, 0.3) is 0 Å². The van der Waals surface area contributed by atoms with Gasteiger partial charge in [-0.15, -0.1) is 0 Å². The summed E-state index contributed by atoms with van der Waals surface area (Å²) in [4.78, 5) is 2.40. The molecule has 4 heteroatoms. The molecule has 3 rings (SSSR count). The van der Waals surface area contributed by atoms with E-state index >= 15 is 0 Å². The molecule has 0 bridgehead atoms. The summed E-state index contributed by atoms with van der Waals surface area (Å²) in [5.74, 6) is 0.653. The van der Waals surface area contributed by atoms with Gasteiger partial charge in [-0.05, 0) is 39.2 Å². The number of aromatic nitrogens is 2. The fraction of sp³-hybridized carbons (Fsp3) is 0.824. The molecule has 1 aliphatic heterocycles. The van der Waals surface area contributed by atoms with E-state index in [2.05, 4.69) is 11.1 Å². The summed E-state index contributed by atoms with van der Waals surface area (Å²) in [5.41, 5.74) is 2.18. The molecule has 1 saturated heterocycles. The summed E-state index contributed by atoms with van der Waals surface area (Å²) < 4.78 is 1.97. The van der Waals surface area contributed by atoms with Crippen LogP contribution in [0.1, 0.15) is 69.0 Å². The molecule has 2 heterocycles. The molecule has 1 unspecified atom stereocenters. The van der Waals surface area contributed by atoms with Crippen molar-refractivity contribution in [3.63, 3.8) is 0 Å². The molecule has 4 nitrogen and oxygen atoms in total. The van der Waals surface area contributed by atoms with Gasteiger partial charge in [0.1, 0.15) is 0 Å². The lowest BCUT2D eigenvalue weighted by Gasteiger charge is -2.37. The monoisotopic (exact) mass is 291 g/mol. The summed E-state index contributed by atoms with van der Waals surface area (Å²) in [7, 11) is 2.03. The standard InChI is InChI=1S/C17H29N3O/c1-17(21)9-6-10-20(13-17)12-15-11-19(2)18-16(15)14-7-4-3-5-8-14/h11,14,21H,3-10,12-13H2,1-2H3. The SMILES string of the molecule is Cn1cc(CN2CCCC(C)(O)C2)c(C2CCCCC2)n1. The molecule has 1 aromatic rings. The van der Waals surface area contributed by atoms with E-state index in [0.717, 1.165) is 32.5 Å². The maximum Gasteiger partial charge on any atom is 0.0746 e. The highest BCUT2D eigenvalue weighted by Gasteiger charge is 2.29. The average molecular weight is 291 g/mol. The highest BCUT2D eigenvalue weighted by Crippen LogP contribution is 2.34. The molecule has 118 valence electrons. The number of aryl methyl sites for hydroxylation is 1. The smallest absolute Gasteiger partial charge is 0.0746 e. The molecule has 2 fully saturated rings. The summed E-state index contributed by atoms with van der Waals surface area (Å²) >= 11 is 0. The summed E-state index contributed by atoms with van der Waals surface area (Å²) in [6.45, 7) is 4.78. The highest BCUT2D eigenvalue weighted by atomic mass is 16.3. The van der Waals surface area contributed by atoms with Crippen molar-refractivity contribution in [2.75, 3.05) is 13.1 Å². The first kappa shape index (κ1) is 15.0. The fourth-order valence-electron chi connectivity index (χ4n) is 4.10. The van der Waals surface area contributed by atoms with Crippen LogP contribution >= 0.6 is 0 Å². The number of likely N-dealkylation sites (tertiary alicyclic amines) is 1. The Kier molecular flexibility index (Phi) is 4.36. The van der Waals surface area contributed by atoms with Gasteiger partial charge in [0.2, 0.25) is 0 Å². The maximum absolute atomic E-state index is 10.3. The van der Waals surface area contributed by atoms with Crippen molar-refractivity contribution in [1.82, 2.24) is 14.7 Å². The lowest BCUT2D eigenvalue weighted by atomic mass is 9.85. The van der Waals surface area contributed by atoms with Crippen molar-refractivity contribution in [3.8, 4) is 0 Å². The summed E-state index contributed by atoms with van der Waals surface area (Å²) in [5, 5.41) is 15.0. The second kappa shape index (κ2) is 6.09. The molecule has 1 N–H and O–H groups in total. The number of hydrogen-bond donors (Lipinski definition) is 1. The molecule has 2 aliphatic rings. The topological polar surface area (TPSA) is 41.3 Å². The molecular formula is C17H29N3O. The van der Waals surface area contributed by atoms with E-state index in [1.807, 2.05) is 18.7 Å². The zero-order valence-electron chi connectivity index (χ0n) is 13.5. The first-order valence-corrected chi connectivity index (χ1v) is 8.51. The lowest BCUT2D eigenvalue weighted by Crippen LogP contribution is -2.45. The van der Waals surface area contributed by atoms with Crippen LogP contribution in [0.3, 0.4) is 0 Å². The number of aliphatic hydroxyl groups is 1. The van der Waals surface area contributed by atoms with Crippen molar-refractivity contribution in [1.29, 1.82) is 0 Å². The first-order chi connectivity index (χ1) is 10.0. The van der Waals surface area contributed by atoms with Gasteiger partial charge in [-0.25, -0.2) is 0 Å². The number of hydrogen-bond acceptors (Lipinski definition) is 3. The van der Waals surface area contributed by atoms with Gasteiger partial charge in [-0.2, -0.15) is 5.10 Å². The second-order valence-electron chi connectivity index (χ2n) is 7.36. The molecule has 0 spiro atoms. The Balaban J connectivity index is 1.72. The third-order valence-electron chi connectivity index (χ3n) is 5.08. The van der Waals surface area contributed by atoms with Crippen LogP contribution in [0.25, 0.3) is 0 Å². The predicted molar refractivity (Wildman–Crippen MR) is 84.2 cm³/mol. The third kappa shape index (κ3) is 3.67. The minimum absolute atomic E-state index is 0.522. The number of nitrogens with zero attached hydrogens (tertiary/aromatic N) is 3. The molecule has 0 amide bonds. The van der Waals surface area contributed by atoms with Crippen molar-refractivity contribution >= 4 is 0 Å². The quantitative estimate of drug-likeness (QED) is 0.931. The zero-order chi connectivity index (χ0) is 14.9. The van der Waals surface area contributed by atoms with Gasteiger partial charge in [0.05, 0.1) is 11.3 Å². The molecule has 0 aromatic carbocycles. The normalized spacial score (nSPS) is 28.9. The minimum Gasteiger partial charge on any atom is -0.389 e. The van der Waals surface area contributed by atoms with E-state index in [-0.39, 0.29) is 0 Å². The number of rotatable bonds is 3. The highest BCUT2D eigenvalue weighted by molar-refractivity contribution is 5.22. The van der Waals surface area contributed by atoms with Gasteiger partial charge < -0.3 is 5.11 Å². The van der Waals surface area contributed by atoms with Gasteiger partial charge in [-0.1, -0.05) is 19.3 Å². The van der Waals surface area contributed by atoms with Crippen LogP contribution in [-0.4, -0.2) is 38.5 Å². The predicted octanol–water partition coefficient (Wildman–Crippen LogP) is 2.81. The van der Waals surface area contributed by atoms with E-state index in [4.69, 9.17) is 5.10 Å². The lowest BCUT2D eigenvalue weighted by molar-refractivity contribution is -0.0182. The van der Waals surface area contributed by atoms with Crippen LogP contribution in [0.4, 0.5) is 0 Å². The minimum atomic E-state index is -0.522. The van der Waals surface area contributed by atoms with Crippen LogP contribution in [0.15, 0.2) is 6.20 Å². The van der Waals surface area contributed by atoms with E-state index < -0.39 is 5.60 Å². The van der Waals surface area contributed by atoms with Crippen molar-refractivity contribution in [2.45, 2.75) is 69.9 Å². The summed E-state index contributed by atoms with van der Waals surface area (Å²) in [6, 6.07) is 0. The Morgan fingerprint density at radius 3 is 2.76 bits per heavy atom. The van der Waals surface area contributed by atoms with Crippen LogP contribution in [-0.2, 0) is 13.6 Å². The molecule has 21 heavy (non-hydrogen) atoms. The molecule has 0 radical (unpaired) electrons. The molecule has 1 saturated carbocycles. The van der Waals surface area contributed by atoms with Gasteiger partial charge in [0, 0.05) is 37.8 Å². The first-order valence-electron chi connectivity index (χ1n) is 8.51. The second-order valence-corrected chi connectivity index (χ2v) is 7.36. The van der Waals surface area contributed by atoms with Crippen LogP contribution in [0.2, 0.25) is 0 Å². The van der Waals surface area contributed by atoms with E-state index in [1.165, 1.54) is 43.4 Å². The van der Waals surface area contributed by atoms with Gasteiger partial charge >= 0.3 is 0 Å². The van der Waals surface area contributed by atoms with E-state index in [1.54, 1.807) is 0 Å². The summed E-state index contributed by atoms with van der Waals surface area (Å²) in [6.07, 6.45) is 10.9. The third-order valence-corrected chi connectivity index (χ3v) is 5.08. The van der Waals surface area contributed by atoms with Crippen molar-refractivity contribution in [2.24, 2.45) is 7.05 Å².